The van der Waals surface area contributed by atoms with Gasteiger partial charge >= 0.3 is 0 Å². The van der Waals surface area contributed by atoms with Crippen LogP contribution < -0.4 is 5.30 Å². The number of aliphatic hydroxyl groups is 1. The van der Waals surface area contributed by atoms with E-state index in [1.54, 1.807) is 0 Å². The third kappa shape index (κ3) is 2.95. The second-order valence-electron chi connectivity index (χ2n) is 3.41. The van der Waals surface area contributed by atoms with E-state index in [0.29, 0.717) is 14.3 Å². The molecule has 0 aliphatic heterocycles. The van der Waals surface area contributed by atoms with Gasteiger partial charge in [-0.25, -0.2) is 0 Å². The topological polar surface area (TPSA) is 20.2 Å². The molecule has 1 unspecified atom stereocenters. The smallest absolute Gasteiger partial charge is 0.123 e. The first-order chi connectivity index (χ1) is 7.86. The van der Waals surface area contributed by atoms with E-state index < -0.39 is 0 Å². The van der Waals surface area contributed by atoms with Gasteiger partial charge in [0.2, 0.25) is 0 Å². The standard InChI is InChI=1S/C14H13OP/c15-14(12-7-3-1-4-8-12)11-16-13-9-5-2-6-10-13/h1-11,15-16H/b14-11-. The van der Waals surface area contributed by atoms with E-state index in [9.17, 15) is 5.11 Å². The largest absolute Gasteiger partial charge is 0.507 e. The van der Waals surface area contributed by atoms with Crippen molar-refractivity contribution in [2.24, 2.45) is 0 Å². The molecule has 0 fully saturated rings. The summed E-state index contributed by atoms with van der Waals surface area (Å²) in [4.78, 5) is 0. The minimum absolute atomic E-state index is 0.350. The van der Waals surface area contributed by atoms with Crippen LogP contribution in [0.3, 0.4) is 0 Å². The fourth-order valence-corrected chi connectivity index (χ4v) is 2.23. The summed E-state index contributed by atoms with van der Waals surface area (Å²) in [5.41, 5.74) is 0.867. The molecule has 0 bridgehead atoms. The molecule has 2 heteroatoms. The molecule has 1 atom stereocenters. The first-order valence-corrected chi connectivity index (χ1v) is 6.20. The maximum absolute atomic E-state index is 9.85. The Hall–Kier alpha value is -1.59. The second-order valence-corrected chi connectivity index (χ2v) is 4.56. The molecule has 0 saturated heterocycles. The fraction of sp³-hybridized carbons (Fsp3) is 0. The molecule has 0 amide bonds. The molecule has 2 aromatic carbocycles. The summed E-state index contributed by atoms with van der Waals surface area (Å²) in [5, 5.41) is 11.1. The highest BCUT2D eigenvalue weighted by molar-refractivity contribution is 7.50. The Labute approximate surface area is 97.2 Å². The molecule has 80 valence electrons. The molecular weight excluding hydrogens is 215 g/mol. The van der Waals surface area contributed by atoms with Crippen LogP contribution in [0, 0.1) is 0 Å². The molecule has 2 aromatic rings. The normalized spacial score (nSPS) is 12.1. The molecule has 0 aromatic heterocycles. The zero-order valence-corrected chi connectivity index (χ0v) is 9.80. The summed E-state index contributed by atoms with van der Waals surface area (Å²) in [6, 6.07) is 19.7. The van der Waals surface area contributed by atoms with Crippen LogP contribution in [-0.2, 0) is 0 Å². The van der Waals surface area contributed by atoms with Crippen molar-refractivity contribution in [3.8, 4) is 0 Å². The maximum atomic E-state index is 9.85. The van der Waals surface area contributed by atoms with Gasteiger partial charge in [0.15, 0.2) is 0 Å². The van der Waals surface area contributed by atoms with Crippen molar-refractivity contribution < 1.29 is 5.11 Å². The van der Waals surface area contributed by atoms with E-state index in [2.05, 4.69) is 12.1 Å². The molecule has 0 aliphatic carbocycles. The van der Waals surface area contributed by atoms with Crippen LogP contribution in [0.15, 0.2) is 66.5 Å². The Bertz CT molecular complexity index is 463. The van der Waals surface area contributed by atoms with Crippen LogP contribution in [0.1, 0.15) is 5.56 Å². The zero-order chi connectivity index (χ0) is 11.2. The predicted octanol–water partition coefficient (Wildman–Crippen LogP) is 3.55. The summed E-state index contributed by atoms with van der Waals surface area (Å²) >= 11 is 0. The monoisotopic (exact) mass is 228 g/mol. The van der Waals surface area contributed by atoms with Crippen LogP contribution in [0.5, 0.6) is 0 Å². The van der Waals surface area contributed by atoms with E-state index in [-0.39, 0.29) is 0 Å². The van der Waals surface area contributed by atoms with Gasteiger partial charge in [-0.1, -0.05) is 69.2 Å². The van der Waals surface area contributed by atoms with Crippen LogP contribution in [0.2, 0.25) is 0 Å². The zero-order valence-electron chi connectivity index (χ0n) is 8.80. The van der Waals surface area contributed by atoms with Gasteiger partial charge in [0.25, 0.3) is 0 Å². The van der Waals surface area contributed by atoms with Crippen molar-refractivity contribution >= 4 is 19.6 Å². The van der Waals surface area contributed by atoms with Crippen molar-refractivity contribution in [3.05, 3.63) is 72.0 Å². The number of aliphatic hydroxyl groups excluding tert-OH is 1. The van der Waals surface area contributed by atoms with Gasteiger partial charge in [-0.3, -0.25) is 0 Å². The lowest BCUT2D eigenvalue weighted by molar-refractivity contribution is 0.513. The van der Waals surface area contributed by atoms with Gasteiger partial charge in [-0.15, -0.1) is 0 Å². The minimum Gasteiger partial charge on any atom is -0.507 e. The van der Waals surface area contributed by atoms with Crippen LogP contribution in [0.4, 0.5) is 0 Å². The van der Waals surface area contributed by atoms with Crippen molar-refractivity contribution in [1.29, 1.82) is 0 Å². The van der Waals surface area contributed by atoms with Gasteiger partial charge in [-0.2, -0.15) is 0 Å². The number of hydrogen-bond donors (Lipinski definition) is 1. The highest BCUT2D eigenvalue weighted by Crippen LogP contribution is 2.19. The van der Waals surface area contributed by atoms with E-state index in [0.717, 1.165) is 5.56 Å². The first-order valence-electron chi connectivity index (χ1n) is 5.12. The quantitative estimate of drug-likeness (QED) is 0.629. The molecule has 0 radical (unpaired) electrons. The maximum Gasteiger partial charge on any atom is 0.123 e. The second kappa shape index (κ2) is 5.48. The minimum atomic E-state index is 0.350. The van der Waals surface area contributed by atoms with E-state index >= 15 is 0 Å². The van der Waals surface area contributed by atoms with Crippen molar-refractivity contribution in [2.45, 2.75) is 0 Å². The number of hydrogen-bond acceptors (Lipinski definition) is 1. The Kier molecular flexibility index (Phi) is 3.74. The Morgan fingerprint density at radius 2 is 1.44 bits per heavy atom. The highest BCUT2D eigenvalue weighted by Gasteiger charge is 1.96. The third-order valence-corrected chi connectivity index (χ3v) is 3.30. The highest BCUT2D eigenvalue weighted by atomic mass is 31.1. The summed E-state index contributed by atoms with van der Waals surface area (Å²) in [5.74, 6) is 2.22. The lowest BCUT2D eigenvalue weighted by atomic mass is 10.2. The summed E-state index contributed by atoms with van der Waals surface area (Å²) < 4.78 is 0. The van der Waals surface area contributed by atoms with E-state index in [1.165, 1.54) is 5.30 Å². The average molecular weight is 228 g/mol. The molecule has 1 N–H and O–H groups in total. The SMILES string of the molecule is O/C(=C\Pc1ccccc1)c1ccccc1. The predicted molar refractivity (Wildman–Crippen MR) is 71.4 cm³/mol. The summed E-state index contributed by atoms with van der Waals surface area (Å²) in [6.07, 6.45) is 0. The Balaban J connectivity index is 2.09. The fourth-order valence-electron chi connectivity index (χ4n) is 1.38. The van der Waals surface area contributed by atoms with Gasteiger partial charge in [0, 0.05) is 5.56 Å². The molecule has 1 nitrogen and oxygen atoms in total. The van der Waals surface area contributed by atoms with Crippen LogP contribution >= 0.6 is 8.58 Å². The molecule has 0 spiro atoms. The van der Waals surface area contributed by atoms with Gasteiger partial charge < -0.3 is 5.11 Å². The van der Waals surface area contributed by atoms with Crippen LogP contribution in [0.25, 0.3) is 5.76 Å². The molecule has 0 heterocycles. The number of benzene rings is 2. The lowest BCUT2D eigenvalue weighted by Crippen LogP contribution is -1.89. The molecular formula is C14H13OP. The van der Waals surface area contributed by atoms with Crippen molar-refractivity contribution in [2.75, 3.05) is 0 Å². The van der Waals surface area contributed by atoms with E-state index in [4.69, 9.17) is 0 Å². The molecule has 0 saturated carbocycles. The molecule has 16 heavy (non-hydrogen) atoms. The Morgan fingerprint density at radius 3 is 2.06 bits per heavy atom. The van der Waals surface area contributed by atoms with Gasteiger partial charge in [0.1, 0.15) is 5.76 Å². The first kappa shape index (κ1) is 10.9. The summed E-state index contributed by atoms with van der Waals surface area (Å²) in [6.45, 7) is 0. The van der Waals surface area contributed by atoms with Crippen molar-refractivity contribution in [1.82, 2.24) is 0 Å². The van der Waals surface area contributed by atoms with Crippen molar-refractivity contribution in [3.63, 3.8) is 0 Å². The van der Waals surface area contributed by atoms with E-state index in [1.807, 2.05) is 54.3 Å². The molecule has 2 rings (SSSR count). The number of rotatable bonds is 3. The van der Waals surface area contributed by atoms with Gasteiger partial charge in [-0.05, 0) is 11.1 Å². The third-order valence-electron chi connectivity index (χ3n) is 2.22. The lowest BCUT2D eigenvalue weighted by Gasteiger charge is -2.00. The summed E-state index contributed by atoms with van der Waals surface area (Å²) in [7, 11) is 0.498. The average Bonchev–Trinajstić information content (AvgIpc) is 2.38. The van der Waals surface area contributed by atoms with Gasteiger partial charge in [0.05, 0.1) is 0 Å². The van der Waals surface area contributed by atoms with Crippen LogP contribution in [-0.4, -0.2) is 5.11 Å². The molecule has 0 aliphatic rings. The Morgan fingerprint density at radius 1 is 0.875 bits per heavy atom.